The summed E-state index contributed by atoms with van der Waals surface area (Å²) in [5.41, 5.74) is 5.35. The Kier molecular flexibility index (Phi) is 9.35. The van der Waals surface area contributed by atoms with Crippen molar-refractivity contribution in [2.24, 2.45) is 17.2 Å². The molecule has 4 N–H and O–H groups in total. The van der Waals surface area contributed by atoms with Crippen LogP contribution >= 0.6 is 0 Å². The number of nitrogens with two attached hydrogens (primary N) is 1. The molecule has 0 aliphatic carbocycles. The van der Waals surface area contributed by atoms with Crippen molar-refractivity contribution < 1.29 is 22.7 Å². The molecule has 2 aromatic rings. The lowest BCUT2D eigenvalue weighted by Gasteiger charge is -2.40. The molecule has 8 nitrogen and oxygen atoms in total. The van der Waals surface area contributed by atoms with Crippen LogP contribution in [0.5, 0.6) is 5.75 Å². The fourth-order valence-corrected chi connectivity index (χ4v) is 4.88. The van der Waals surface area contributed by atoms with E-state index in [-0.39, 0.29) is 17.9 Å². The number of hydrogen-bond acceptors (Lipinski definition) is 6. The van der Waals surface area contributed by atoms with Gasteiger partial charge in [-0.15, -0.1) is 0 Å². The normalized spacial score (nSPS) is 19.7. The molecule has 2 atom stereocenters. The van der Waals surface area contributed by atoms with E-state index in [0.717, 1.165) is 29.1 Å². The van der Waals surface area contributed by atoms with Crippen LogP contribution < -0.4 is 21.3 Å². The van der Waals surface area contributed by atoms with Crippen LogP contribution in [0.2, 0.25) is 0 Å². The maximum Gasteiger partial charge on any atom is 0.406 e. The monoisotopic (exact) mass is 536 g/mol. The molecule has 1 saturated heterocycles. The van der Waals surface area contributed by atoms with Gasteiger partial charge in [0.15, 0.2) is 0 Å². The first-order valence-corrected chi connectivity index (χ1v) is 12.9. The van der Waals surface area contributed by atoms with Gasteiger partial charge in [0.1, 0.15) is 18.3 Å². The first kappa shape index (κ1) is 29.3. The maximum atomic E-state index is 13.3. The number of rotatable bonds is 9. The van der Waals surface area contributed by atoms with Crippen molar-refractivity contribution in [3.05, 3.63) is 48.2 Å². The van der Waals surface area contributed by atoms with Gasteiger partial charge in [-0.25, -0.2) is 4.98 Å². The molecule has 0 bridgehead atoms. The summed E-state index contributed by atoms with van der Waals surface area (Å²) in [5.74, 6) is 6.01. The average Bonchev–Trinajstić information content (AvgIpc) is 3.30. The summed E-state index contributed by atoms with van der Waals surface area (Å²) in [4.78, 5) is 18.5. The lowest BCUT2D eigenvalue weighted by molar-refractivity contribution is -0.163. The number of aryl methyl sites for hydroxylation is 1. The van der Waals surface area contributed by atoms with Gasteiger partial charge >= 0.3 is 6.18 Å². The number of methoxy groups -OCH3 is 1. The number of nitrogens with zero attached hydrogens (tertiary/aromatic N) is 3. The van der Waals surface area contributed by atoms with Gasteiger partial charge in [-0.3, -0.25) is 10.6 Å². The average molecular weight is 537 g/mol. The van der Waals surface area contributed by atoms with Crippen LogP contribution in [-0.4, -0.2) is 52.8 Å². The zero-order valence-electron chi connectivity index (χ0n) is 22.7. The Labute approximate surface area is 222 Å². The second-order valence-electron chi connectivity index (χ2n) is 10.5. The summed E-state index contributed by atoms with van der Waals surface area (Å²) < 4.78 is 47.1. The molecular weight excluding hydrogens is 497 g/mol. The molecular formula is C27H39F3N6O2. The van der Waals surface area contributed by atoms with Gasteiger partial charge < -0.3 is 24.9 Å². The van der Waals surface area contributed by atoms with Crippen LogP contribution in [0.1, 0.15) is 57.7 Å². The third-order valence-corrected chi connectivity index (χ3v) is 7.56. The predicted molar refractivity (Wildman–Crippen MR) is 141 cm³/mol. The molecule has 3 rings (SSSR count). The van der Waals surface area contributed by atoms with Gasteiger partial charge in [0.25, 0.3) is 0 Å². The van der Waals surface area contributed by atoms with E-state index in [1.165, 1.54) is 0 Å². The molecule has 2 heterocycles. The highest BCUT2D eigenvalue weighted by molar-refractivity contribution is 5.82. The number of alkyl halides is 3. The Balaban J connectivity index is 1.91. The molecule has 11 heteroatoms. The number of amides is 1. The van der Waals surface area contributed by atoms with Crippen LogP contribution in [0.15, 0.2) is 36.9 Å². The number of carbonyl (C=O) groups excluding carboxylic acids is 1. The molecule has 1 aromatic heterocycles. The number of imidazole rings is 1. The molecule has 0 unspecified atom stereocenters. The number of carbonyl (C=O) groups is 1. The van der Waals surface area contributed by atoms with E-state index >= 15 is 0 Å². The van der Waals surface area contributed by atoms with Crippen LogP contribution in [-0.2, 0) is 4.79 Å². The number of benzene rings is 1. The van der Waals surface area contributed by atoms with Crippen molar-refractivity contribution in [3.63, 3.8) is 0 Å². The molecule has 210 valence electrons. The highest BCUT2D eigenvalue weighted by Crippen LogP contribution is 2.38. The topological polar surface area (TPSA) is 97.4 Å². The molecule has 1 aliphatic rings. The zero-order chi connectivity index (χ0) is 28.1. The first-order chi connectivity index (χ1) is 17.9. The zero-order valence-corrected chi connectivity index (χ0v) is 22.7. The Hall–Kier alpha value is -3.21. The third-order valence-electron chi connectivity index (χ3n) is 7.56. The smallest absolute Gasteiger partial charge is 0.406 e. The summed E-state index contributed by atoms with van der Waals surface area (Å²) in [6.07, 6.45) is 3.26. The predicted octanol–water partition coefficient (Wildman–Crippen LogP) is 4.54. The number of nitrogens with one attached hydrogen (secondary N) is 2. The van der Waals surface area contributed by atoms with Crippen LogP contribution in [0.3, 0.4) is 0 Å². The summed E-state index contributed by atoms with van der Waals surface area (Å²) in [5, 5.41) is 3.10. The Morgan fingerprint density at radius 2 is 2.05 bits per heavy atom. The second-order valence-corrected chi connectivity index (χ2v) is 10.5. The fraction of sp³-hybridized carbons (Fsp3) is 0.556. The molecule has 1 amide bonds. The maximum absolute atomic E-state index is 13.3. The van der Waals surface area contributed by atoms with E-state index < -0.39 is 24.7 Å². The fourth-order valence-electron chi connectivity index (χ4n) is 4.88. The molecule has 1 fully saturated rings. The summed E-state index contributed by atoms with van der Waals surface area (Å²) in [6, 6.07) is 4.65. The quantitative estimate of drug-likeness (QED) is 0.322. The molecule has 0 saturated carbocycles. The lowest BCUT2D eigenvalue weighted by atomic mass is 9.71. The van der Waals surface area contributed by atoms with E-state index in [2.05, 4.69) is 36.5 Å². The Morgan fingerprint density at radius 1 is 1.32 bits per heavy atom. The van der Waals surface area contributed by atoms with Crippen LogP contribution in [0, 0.1) is 18.3 Å². The van der Waals surface area contributed by atoms with E-state index in [1.54, 1.807) is 25.7 Å². The minimum atomic E-state index is -4.46. The van der Waals surface area contributed by atoms with Gasteiger partial charge in [-0.05, 0) is 49.7 Å². The Bertz CT molecular complexity index is 1130. The SMILES string of the molecule is CCC(C)(C)[C@@H]1CCCN(CC(F)(F)F)C(=O)[C@H](N/C=C(\NN)c2ccc(-n3cnc(C)c3)c(OC)c2)C1. The first-order valence-electron chi connectivity index (χ1n) is 12.9. The van der Waals surface area contributed by atoms with E-state index in [0.29, 0.717) is 29.9 Å². The Morgan fingerprint density at radius 3 is 2.63 bits per heavy atom. The number of likely N-dealkylation sites (tertiary alicyclic amines) is 1. The van der Waals surface area contributed by atoms with E-state index in [9.17, 15) is 18.0 Å². The van der Waals surface area contributed by atoms with Gasteiger partial charge in [-0.1, -0.05) is 33.3 Å². The van der Waals surface area contributed by atoms with E-state index in [4.69, 9.17) is 10.6 Å². The van der Waals surface area contributed by atoms with Crippen LogP contribution in [0.25, 0.3) is 11.4 Å². The third kappa shape index (κ3) is 7.21. The number of halogens is 3. The molecule has 38 heavy (non-hydrogen) atoms. The van der Waals surface area contributed by atoms with Gasteiger partial charge in [-0.2, -0.15) is 13.2 Å². The van der Waals surface area contributed by atoms with Gasteiger partial charge in [0.05, 0.1) is 30.5 Å². The van der Waals surface area contributed by atoms with E-state index in [1.807, 2.05) is 29.8 Å². The lowest BCUT2D eigenvalue weighted by Crippen LogP contribution is -2.51. The molecule has 1 aliphatic heterocycles. The molecule has 0 spiro atoms. The molecule has 1 aromatic carbocycles. The van der Waals surface area contributed by atoms with Crippen molar-refractivity contribution >= 4 is 11.6 Å². The minimum Gasteiger partial charge on any atom is -0.495 e. The standard InChI is InChI=1S/C27H39F3N6O2/c1-6-26(3,4)20-8-7-11-35(16-27(28,29)30)25(37)21(13-20)32-14-22(34-31)19-9-10-23(24(12-19)38-5)36-15-18(2)33-17-36/h9-10,12,14-15,17,20-21,32,34H,6-8,11,13,16,31H2,1-5H3/b22-14-/t20-,21-/m1/s1. The van der Waals surface area contributed by atoms with Crippen molar-refractivity contribution in [3.8, 4) is 11.4 Å². The van der Waals surface area contributed by atoms with Crippen molar-refractivity contribution in [2.75, 3.05) is 20.2 Å². The molecule has 0 radical (unpaired) electrons. The summed E-state index contributed by atoms with van der Waals surface area (Å²) in [7, 11) is 1.56. The largest absolute Gasteiger partial charge is 0.495 e. The van der Waals surface area contributed by atoms with Crippen molar-refractivity contribution in [2.45, 2.75) is 65.6 Å². The highest BCUT2D eigenvalue weighted by Gasteiger charge is 2.39. The van der Waals surface area contributed by atoms with Crippen LogP contribution in [0.4, 0.5) is 13.2 Å². The number of hydrogen-bond donors (Lipinski definition) is 3. The number of aromatic nitrogens is 2. The van der Waals surface area contributed by atoms with Crippen molar-refractivity contribution in [1.82, 2.24) is 25.2 Å². The number of ether oxygens (including phenoxy) is 1. The number of hydrazine groups is 1. The minimum absolute atomic E-state index is 0.0556. The van der Waals surface area contributed by atoms with Gasteiger partial charge in [0, 0.05) is 24.5 Å². The highest BCUT2D eigenvalue weighted by atomic mass is 19.4. The summed E-state index contributed by atoms with van der Waals surface area (Å²) >= 11 is 0. The second kappa shape index (κ2) is 12.1. The van der Waals surface area contributed by atoms with Crippen molar-refractivity contribution in [1.29, 1.82) is 0 Å². The van der Waals surface area contributed by atoms with Gasteiger partial charge in [0.2, 0.25) is 5.91 Å². The summed E-state index contributed by atoms with van der Waals surface area (Å²) in [6.45, 7) is 7.09.